The van der Waals surface area contributed by atoms with E-state index in [1.807, 2.05) is 0 Å². The molecule has 2 atom stereocenters. The van der Waals surface area contributed by atoms with Crippen molar-refractivity contribution in [3.8, 4) is 0 Å². The maximum Gasteiger partial charge on any atom is 0.357 e. The molecule has 2 aliphatic rings. The Morgan fingerprint density at radius 3 is 2.56 bits per heavy atom. The molecule has 16 heavy (non-hydrogen) atoms. The van der Waals surface area contributed by atoms with Gasteiger partial charge in [0, 0.05) is 0 Å². The molecule has 0 aromatic heterocycles. The van der Waals surface area contributed by atoms with Crippen molar-refractivity contribution in [2.75, 3.05) is 7.11 Å². The van der Waals surface area contributed by atoms with Gasteiger partial charge in [-0.1, -0.05) is 25.4 Å². The minimum Gasteiger partial charge on any atom is -0.466 e. The van der Waals surface area contributed by atoms with E-state index in [1.54, 1.807) is 0 Å². The summed E-state index contributed by atoms with van der Waals surface area (Å²) in [5.74, 6) is -0.450. The van der Waals surface area contributed by atoms with Gasteiger partial charge in [-0.3, -0.25) is 0 Å². The van der Waals surface area contributed by atoms with Crippen LogP contribution in [0.2, 0.25) is 0 Å². The van der Waals surface area contributed by atoms with E-state index in [1.165, 1.54) is 7.11 Å². The number of methoxy groups -OCH3 is 1. The molecule has 0 bridgehead atoms. The van der Waals surface area contributed by atoms with Gasteiger partial charge >= 0.3 is 5.97 Å². The maximum absolute atomic E-state index is 11.6. The number of ether oxygens (including phenoxy) is 2. The molecule has 3 nitrogen and oxygen atoms in total. The van der Waals surface area contributed by atoms with Gasteiger partial charge < -0.3 is 9.47 Å². The van der Waals surface area contributed by atoms with Crippen LogP contribution in [0.3, 0.4) is 0 Å². The molecule has 0 aromatic carbocycles. The first-order chi connectivity index (χ1) is 7.35. The Labute approximate surface area is 101 Å². The molecular weight excluding hydrogens is 228 g/mol. The quantitative estimate of drug-likeness (QED) is 0.406. The molecule has 4 heteroatoms. The minimum atomic E-state index is -1.21. The largest absolute Gasteiger partial charge is 0.466 e. The van der Waals surface area contributed by atoms with E-state index in [2.05, 4.69) is 13.8 Å². The van der Waals surface area contributed by atoms with Crippen LogP contribution in [0.1, 0.15) is 46.0 Å². The molecule has 1 aliphatic heterocycles. The number of esters is 1. The van der Waals surface area contributed by atoms with E-state index in [4.69, 9.17) is 21.1 Å². The van der Waals surface area contributed by atoms with Gasteiger partial charge in [-0.25, -0.2) is 4.79 Å². The first-order valence-electron chi connectivity index (χ1n) is 5.83. The predicted octanol–water partition coefficient (Wildman–Crippen LogP) is 2.85. The van der Waals surface area contributed by atoms with Crippen molar-refractivity contribution in [2.45, 2.75) is 56.6 Å². The molecule has 0 amide bonds. The Hall–Kier alpha value is -0.280. The molecule has 0 aromatic rings. The summed E-state index contributed by atoms with van der Waals surface area (Å²) < 4.78 is 10.3. The summed E-state index contributed by atoms with van der Waals surface area (Å²) in [7, 11) is 1.35. The fourth-order valence-corrected chi connectivity index (χ4v) is 3.08. The maximum atomic E-state index is 11.6. The molecule has 2 rings (SSSR count). The summed E-state index contributed by atoms with van der Waals surface area (Å²) in [4.78, 5) is 11.6. The molecule has 92 valence electrons. The molecule has 2 unspecified atom stereocenters. The Morgan fingerprint density at radius 1 is 1.25 bits per heavy atom. The lowest BCUT2D eigenvalue weighted by atomic mass is 9.84. The Morgan fingerprint density at radius 2 is 1.94 bits per heavy atom. The highest BCUT2D eigenvalue weighted by Gasteiger charge is 2.74. The molecule has 1 saturated heterocycles. The van der Waals surface area contributed by atoms with E-state index in [0.717, 1.165) is 32.1 Å². The molecule has 1 spiro atoms. The Bertz CT molecular complexity index is 315. The van der Waals surface area contributed by atoms with Crippen molar-refractivity contribution in [1.29, 1.82) is 0 Å². The first-order valence-corrected chi connectivity index (χ1v) is 6.21. The number of halogens is 1. The Balaban J connectivity index is 2.10. The minimum absolute atomic E-state index is 0.323. The summed E-state index contributed by atoms with van der Waals surface area (Å²) in [6, 6.07) is 0. The number of carbonyl (C=O) groups excluding carboxylic acids is 1. The van der Waals surface area contributed by atoms with Crippen molar-refractivity contribution in [1.82, 2.24) is 0 Å². The van der Waals surface area contributed by atoms with Crippen LogP contribution < -0.4 is 0 Å². The summed E-state index contributed by atoms with van der Waals surface area (Å²) in [6.07, 6.45) is 4.96. The van der Waals surface area contributed by atoms with E-state index in [0.29, 0.717) is 5.41 Å². The van der Waals surface area contributed by atoms with Gasteiger partial charge in [-0.2, -0.15) is 0 Å². The second-order valence-electron chi connectivity index (χ2n) is 5.70. The molecule has 1 saturated carbocycles. The van der Waals surface area contributed by atoms with Crippen molar-refractivity contribution >= 4 is 17.6 Å². The zero-order valence-electron chi connectivity index (χ0n) is 10.1. The lowest BCUT2D eigenvalue weighted by Crippen LogP contribution is -2.30. The van der Waals surface area contributed by atoms with Crippen LogP contribution in [0.4, 0.5) is 0 Å². The second-order valence-corrected chi connectivity index (χ2v) is 6.23. The highest BCUT2D eigenvalue weighted by molar-refractivity contribution is 6.35. The lowest BCUT2D eigenvalue weighted by Gasteiger charge is -2.21. The van der Waals surface area contributed by atoms with Gasteiger partial charge in [0.2, 0.25) is 0 Å². The smallest absolute Gasteiger partial charge is 0.357 e. The highest BCUT2D eigenvalue weighted by atomic mass is 35.5. The van der Waals surface area contributed by atoms with Crippen LogP contribution >= 0.6 is 11.6 Å². The third-order valence-corrected chi connectivity index (χ3v) is 4.54. The van der Waals surface area contributed by atoms with Crippen LogP contribution in [0.5, 0.6) is 0 Å². The zero-order valence-corrected chi connectivity index (χ0v) is 10.9. The molecular formula is C12H19ClO3. The highest BCUT2D eigenvalue weighted by Crippen LogP contribution is 2.60. The molecule has 2 fully saturated rings. The van der Waals surface area contributed by atoms with Crippen molar-refractivity contribution < 1.29 is 14.3 Å². The third-order valence-electron chi connectivity index (χ3n) is 3.97. The van der Waals surface area contributed by atoms with Gasteiger partial charge in [0.1, 0.15) is 5.60 Å². The van der Waals surface area contributed by atoms with Gasteiger partial charge in [-0.15, -0.1) is 0 Å². The zero-order chi connectivity index (χ0) is 12.0. The Kier molecular flexibility index (Phi) is 2.75. The van der Waals surface area contributed by atoms with Crippen LogP contribution in [-0.2, 0) is 14.3 Å². The number of carbonyl (C=O) groups is 1. The van der Waals surface area contributed by atoms with E-state index in [9.17, 15) is 4.79 Å². The van der Waals surface area contributed by atoms with Gasteiger partial charge in [-0.05, 0) is 37.5 Å². The molecule has 0 N–H and O–H groups in total. The monoisotopic (exact) mass is 246 g/mol. The average molecular weight is 247 g/mol. The topological polar surface area (TPSA) is 38.8 Å². The van der Waals surface area contributed by atoms with Crippen molar-refractivity contribution in [3.05, 3.63) is 0 Å². The molecule has 1 aliphatic carbocycles. The second kappa shape index (κ2) is 3.61. The summed E-state index contributed by atoms with van der Waals surface area (Å²) >= 11 is 6.20. The summed E-state index contributed by atoms with van der Waals surface area (Å²) in [5.41, 5.74) is -0.140. The molecule has 0 radical (unpaired) electrons. The van der Waals surface area contributed by atoms with Crippen LogP contribution in [0, 0.1) is 5.41 Å². The standard InChI is InChI=1S/C12H19ClO3/c1-10(2)5-4-6-11(8-7-10)12(13,16-11)9(14)15-3/h4-8H2,1-3H3. The van der Waals surface area contributed by atoms with Crippen molar-refractivity contribution in [3.63, 3.8) is 0 Å². The SMILES string of the molecule is COC(=O)C1(Cl)OC12CCCC(C)(C)CC2. The van der Waals surface area contributed by atoms with E-state index >= 15 is 0 Å². The molecule has 1 heterocycles. The fraction of sp³-hybridized carbons (Fsp3) is 0.917. The normalized spacial score (nSPS) is 41.5. The van der Waals surface area contributed by atoms with E-state index < -0.39 is 16.6 Å². The fourth-order valence-electron chi connectivity index (χ4n) is 2.67. The third kappa shape index (κ3) is 1.74. The van der Waals surface area contributed by atoms with Crippen molar-refractivity contribution in [2.24, 2.45) is 5.41 Å². The number of epoxide rings is 1. The van der Waals surface area contributed by atoms with Gasteiger partial charge in [0.15, 0.2) is 0 Å². The number of rotatable bonds is 1. The van der Waals surface area contributed by atoms with Gasteiger partial charge in [0.05, 0.1) is 7.11 Å². The van der Waals surface area contributed by atoms with Gasteiger partial charge in [0.25, 0.3) is 5.06 Å². The summed E-state index contributed by atoms with van der Waals surface area (Å²) in [6.45, 7) is 4.50. The lowest BCUT2D eigenvalue weighted by molar-refractivity contribution is -0.143. The predicted molar refractivity (Wildman–Crippen MR) is 61.3 cm³/mol. The number of hydrogen-bond donors (Lipinski definition) is 0. The number of alkyl halides is 1. The first kappa shape index (κ1) is 12.2. The van der Waals surface area contributed by atoms with Crippen LogP contribution in [0.25, 0.3) is 0 Å². The number of hydrogen-bond acceptors (Lipinski definition) is 3. The average Bonchev–Trinajstić information content (AvgIpc) is 2.85. The van der Waals surface area contributed by atoms with E-state index in [-0.39, 0.29) is 0 Å². The van der Waals surface area contributed by atoms with Crippen LogP contribution in [0.15, 0.2) is 0 Å². The van der Waals surface area contributed by atoms with Crippen LogP contribution in [-0.4, -0.2) is 23.7 Å². The summed E-state index contributed by atoms with van der Waals surface area (Å²) in [5, 5.41) is -1.21.